The van der Waals surface area contributed by atoms with Crippen molar-refractivity contribution in [2.75, 3.05) is 17.2 Å². The predicted molar refractivity (Wildman–Crippen MR) is 117 cm³/mol. The van der Waals surface area contributed by atoms with Crippen LogP contribution in [0.1, 0.15) is 59.2 Å². The van der Waals surface area contributed by atoms with Crippen molar-refractivity contribution in [1.29, 1.82) is 0 Å². The van der Waals surface area contributed by atoms with Gasteiger partial charge in [-0.1, -0.05) is 25.4 Å². The second kappa shape index (κ2) is 10.4. The molecule has 6 nitrogen and oxygen atoms in total. The third-order valence-corrected chi connectivity index (χ3v) is 5.99. The Morgan fingerprint density at radius 2 is 1.69 bits per heavy atom. The summed E-state index contributed by atoms with van der Waals surface area (Å²) in [5.41, 5.74) is 1.27. The summed E-state index contributed by atoms with van der Waals surface area (Å²) in [5.74, 6) is -1.28. The van der Waals surface area contributed by atoms with Crippen molar-refractivity contribution in [3.63, 3.8) is 0 Å². The Morgan fingerprint density at radius 1 is 1.07 bits per heavy atom. The lowest BCUT2D eigenvalue weighted by molar-refractivity contribution is -0.120. The summed E-state index contributed by atoms with van der Waals surface area (Å²) < 4.78 is 5.14. The first-order chi connectivity index (χ1) is 13.8. The fourth-order valence-electron chi connectivity index (χ4n) is 2.86. The summed E-state index contributed by atoms with van der Waals surface area (Å²) in [6, 6.07) is 6.71. The SMILES string of the molecule is CCOC(=O)c1c(NC(=O)C(CC)CC)sc(C(=O)Nc2ccc(Cl)cc2)c1C. The minimum absolute atomic E-state index is 0.168. The largest absolute Gasteiger partial charge is 0.462 e. The van der Waals surface area contributed by atoms with Crippen LogP contribution in [0.25, 0.3) is 0 Å². The van der Waals surface area contributed by atoms with Gasteiger partial charge in [-0.05, 0) is 56.5 Å². The quantitative estimate of drug-likeness (QED) is 0.534. The molecule has 0 aliphatic rings. The standard InChI is InChI=1S/C21H25ClN2O4S/c1-5-13(6-2)18(25)24-20-16(21(27)28-7-3)12(4)17(29-20)19(26)23-15-10-8-14(22)9-11-15/h8-11,13H,5-7H2,1-4H3,(H,23,26)(H,24,25). The van der Waals surface area contributed by atoms with E-state index >= 15 is 0 Å². The minimum Gasteiger partial charge on any atom is -0.462 e. The zero-order valence-corrected chi connectivity index (χ0v) is 18.5. The number of thiophene rings is 1. The van der Waals surface area contributed by atoms with Crippen LogP contribution < -0.4 is 10.6 Å². The molecule has 1 aromatic carbocycles. The molecule has 0 saturated carbocycles. The van der Waals surface area contributed by atoms with Gasteiger partial charge in [-0.15, -0.1) is 11.3 Å². The van der Waals surface area contributed by atoms with E-state index in [4.69, 9.17) is 16.3 Å². The maximum atomic E-state index is 12.8. The first kappa shape index (κ1) is 22.9. The summed E-state index contributed by atoms with van der Waals surface area (Å²) in [7, 11) is 0. The highest BCUT2D eigenvalue weighted by Crippen LogP contribution is 2.35. The maximum Gasteiger partial charge on any atom is 0.341 e. The molecular weight excluding hydrogens is 412 g/mol. The van der Waals surface area contributed by atoms with Gasteiger partial charge in [0.25, 0.3) is 5.91 Å². The second-order valence-electron chi connectivity index (χ2n) is 6.44. The van der Waals surface area contributed by atoms with Crippen LogP contribution in [0.5, 0.6) is 0 Å². The zero-order valence-electron chi connectivity index (χ0n) is 16.9. The van der Waals surface area contributed by atoms with Crippen LogP contribution in [0.3, 0.4) is 0 Å². The van der Waals surface area contributed by atoms with Gasteiger partial charge in [0.05, 0.1) is 17.0 Å². The molecule has 29 heavy (non-hydrogen) atoms. The lowest BCUT2D eigenvalue weighted by atomic mass is 10.0. The number of amides is 2. The number of anilines is 2. The van der Waals surface area contributed by atoms with Crippen molar-refractivity contribution < 1.29 is 19.1 Å². The molecule has 0 aliphatic carbocycles. The first-order valence-electron chi connectivity index (χ1n) is 9.50. The fourth-order valence-corrected chi connectivity index (χ4v) is 4.08. The third-order valence-electron chi connectivity index (χ3n) is 4.53. The van der Waals surface area contributed by atoms with Crippen molar-refractivity contribution in [3.05, 3.63) is 45.3 Å². The van der Waals surface area contributed by atoms with Gasteiger partial charge >= 0.3 is 5.97 Å². The highest BCUT2D eigenvalue weighted by Gasteiger charge is 2.27. The van der Waals surface area contributed by atoms with Gasteiger partial charge in [0.2, 0.25) is 5.91 Å². The molecule has 1 heterocycles. The average Bonchev–Trinajstić information content (AvgIpc) is 3.00. The smallest absolute Gasteiger partial charge is 0.341 e. The van der Waals surface area contributed by atoms with Gasteiger partial charge < -0.3 is 15.4 Å². The lowest BCUT2D eigenvalue weighted by Gasteiger charge is -2.12. The predicted octanol–water partition coefficient (Wildman–Crippen LogP) is 5.51. The summed E-state index contributed by atoms with van der Waals surface area (Å²) >= 11 is 6.94. The topological polar surface area (TPSA) is 84.5 Å². The molecule has 0 spiro atoms. The van der Waals surface area contributed by atoms with E-state index in [1.54, 1.807) is 38.1 Å². The van der Waals surface area contributed by atoms with Crippen LogP contribution >= 0.6 is 22.9 Å². The van der Waals surface area contributed by atoms with E-state index < -0.39 is 5.97 Å². The fraction of sp³-hybridized carbons (Fsp3) is 0.381. The molecular formula is C21H25ClN2O4S. The molecule has 0 saturated heterocycles. The van der Waals surface area contributed by atoms with Gasteiger partial charge in [-0.25, -0.2) is 4.79 Å². The minimum atomic E-state index is -0.563. The van der Waals surface area contributed by atoms with Crippen LogP contribution in [0.2, 0.25) is 5.02 Å². The second-order valence-corrected chi connectivity index (χ2v) is 7.90. The van der Waals surface area contributed by atoms with Crippen LogP contribution in [-0.2, 0) is 9.53 Å². The first-order valence-corrected chi connectivity index (χ1v) is 10.7. The normalized spacial score (nSPS) is 10.7. The Balaban J connectivity index is 2.37. The molecule has 0 atom stereocenters. The number of benzene rings is 1. The third kappa shape index (κ3) is 5.58. The number of halogens is 1. The van der Waals surface area contributed by atoms with E-state index in [9.17, 15) is 14.4 Å². The lowest BCUT2D eigenvalue weighted by Crippen LogP contribution is -2.22. The number of rotatable bonds is 8. The summed E-state index contributed by atoms with van der Waals surface area (Å²) in [5, 5.41) is 6.50. The number of esters is 1. The van der Waals surface area contributed by atoms with Gasteiger partial charge in [-0.2, -0.15) is 0 Å². The molecule has 8 heteroatoms. The van der Waals surface area contributed by atoms with Crippen molar-refractivity contribution in [2.24, 2.45) is 5.92 Å². The van der Waals surface area contributed by atoms with Crippen LogP contribution in [0.15, 0.2) is 24.3 Å². The Morgan fingerprint density at radius 3 is 2.24 bits per heavy atom. The van der Waals surface area contributed by atoms with E-state index in [0.29, 0.717) is 39.0 Å². The van der Waals surface area contributed by atoms with Crippen LogP contribution in [0, 0.1) is 12.8 Å². The van der Waals surface area contributed by atoms with Crippen LogP contribution in [0.4, 0.5) is 10.7 Å². The number of hydrogen-bond acceptors (Lipinski definition) is 5. The van der Waals surface area contributed by atoms with Gasteiger partial charge in [0, 0.05) is 16.6 Å². The highest BCUT2D eigenvalue weighted by molar-refractivity contribution is 7.19. The molecule has 2 amide bonds. The maximum absolute atomic E-state index is 12.8. The summed E-state index contributed by atoms with van der Waals surface area (Å²) in [4.78, 5) is 38.2. The van der Waals surface area contributed by atoms with E-state index in [1.807, 2.05) is 13.8 Å². The Hall–Kier alpha value is -2.38. The van der Waals surface area contributed by atoms with E-state index in [1.165, 1.54) is 0 Å². The number of carbonyl (C=O) groups is 3. The van der Waals surface area contributed by atoms with Crippen molar-refractivity contribution in [2.45, 2.75) is 40.5 Å². The van der Waals surface area contributed by atoms with Gasteiger partial charge in [0.1, 0.15) is 5.00 Å². The number of ether oxygens (including phenoxy) is 1. The Bertz CT molecular complexity index is 889. The van der Waals surface area contributed by atoms with E-state index in [0.717, 1.165) is 11.3 Å². The molecule has 0 radical (unpaired) electrons. The molecule has 2 N–H and O–H groups in total. The molecule has 2 aromatic rings. The van der Waals surface area contributed by atoms with E-state index in [2.05, 4.69) is 10.6 Å². The molecule has 1 aromatic heterocycles. The molecule has 2 rings (SSSR count). The van der Waals surface area contributed by atoms with Crippen molar-refractivity contribution >= 4 is 51.4 Å². The van der Waals surface area contributed by atoms with Gasteiger partial charge in [-0.3, -0.25) is 9.59 Å². The molecule has 156 valence electrons. The molecule has 0 aliphatic heterocycles. The van der Waals surface area contributed by atoms with E-state index in [-0.39, 0.29) is 29.9 Å². The monoisotopic (exact) mass is 436 g/mol. The average molecular weight is 437 g/mol. The highest BCUT2D eigenvalue weighted by atomic mass is 35.5. The summed E-state index contributed by atoms with van der Waals surface area (Å²) in [6.45, 7) is 7.44. The van der Waals surface area contributed by atoms with Crippen molar-refractivity contribution in [1.82, 2.24) is 0 Å². The van der Waals surface area contributed by atoms with Crippen molar-refractivity contribution in [3.8, 4) is 0 Å². The Labute approximate surface area is 179 Å². The number of nitrogens with one attached hydrogen (secondary N) is 2. The van der Waals surface area contributed by atoms with Gasteiger partial charge in [0.15, 0.2) is 0 Å². The zero-order chi connectivity index (χ0) is 21.6. The molecule has 0 unspecified atom stereocenters. The molecule has 0 bridgehead atoms. The number of hydrogen-bond donors (Lipinski definition) is 2. The molecule has 0 fully saturated rings. The van der Waals surface area contributed by atoms with Crippen LogP contribution in [-0.4, -0.2) is 24.4 Å². The number of carbonyl (C=O) groups excluding carboxylic acids is 3. The Kier molecular flexibility index (Phi) is 8.22. The summed E-state index contributed by atoms with van der Waals surface area (Å²) in [6.07, 6.45) is 1.37.